The van der Waals surface area contributed by atoms with Crippen molar-refractivity contribution in [3.05, 3.63) is 0 Å². The summed E-state index contributed by atoms with van der Waals surface area (Å²) >= 11 is 0. The predicted octanol–water partition coefficient (Wildman–Crippen LogP) is 1.49. The number of amides is 1. The van der Waals surface area contributed by atoms with Crippen LogP contribution in [0.4, 0.5) is 4.79 Å². The van der Waals surface area contributed by atoms with Crippen molar-refractivity contribution >= 4 is 6.09 Å². The highest BCUT2D eigenvalue weighted by molar-refractivity contribution is 5.70. The Morgan fingerprint density at radius 3 is 2.45 bits per heavy atom. The Morgan fingerprint density at radius 1 is 1.35 bits per heavy atom. The fraction of sp³-hybridized carbons (Fsp3) is 0.933. The summed E-state index contributed by atoms with van der Waals surface area (Å²) in [5.41, 5.74) is 4.50. The highest BCUT2D eigenvalue weighted by atomic mass is 16.6. The third kappa shape index (κ3) is 2.02. The van der Waals surface area contributed by atoms with Crippen LogP contribution in [-0.4, -0.2) is 45.9 Å². The van der Waals surface area contributed by atoms with E-state index in [1.165, 1.54) is 6.42 Å². The van der Waals surface area contributed by atoms with Gasteiger partial charge in [-0.15, -0.1) is 0 Å². The van der Waals surface area contributed by atoms with Gasteiger partial charge in [-0.2, -0.15) is 0 Å². The first kappa shape index (κ1) is 14.1. The van der Waals surface area contributed by atoms with E-state index in [4.69, 9.17) is 10.5 Å². The van der Waals surface area contributed by atoms with E-state index in [1.54, 1.807) is 4.90 Å². The number of carbonyl (C=O) groups is 1. The van der Waals surface area contributed by atoms with Crippen molar-refractivity contribution < 1.29 is 14.6 Å². The molecule has 1 amide bonds. The first-order chi connectivity index (χ1) is 9.13. The maximum absolute atomic E-state index is 12.0. The largest absolute Gasteiger partial charge is 0.444 e. The molecule has 3 N–H and O–H groups in total. The fourth-order valence-electron chi connectivity index (χ4n) is 4.27. The molecule has 5 heteroatoms. The Bertz CT molecular complexity index is 425. The van der Waals surface area contributed by atoms with Gasteiger partial charge in [-0.05, 0) is 58.3 Å². The molecule has 2 aliphatic carbocycles. The molecule has 3 rings (SSSR count). The average Bonchev–Trinajstić information content (AvgIpc) is 2.82. The summed E-state index contributed by atoms with van der Waals surface area (Å²) in [4.78, 5) is 13.6. The first-order valence-electron chi connectivity index (χ1n) is 7.62. The van der Waals surface area contributed by atoms with E-state index in [-0.39, 0.29) is 6.09 Å². The summed E-state index contributed by atoms with van der Waals surface area (Å²) < 4.78 is 5.34. The summed E-state index contributed by atoms with van der Waals surface area (Å²) in [5, 5.41) is 11.0. The molecule has 114 valence electrons. The molecule has 3 unspecified atom stereocenters. The summed E-state index contributed by atoms with van der Waals surface area (Å²) in [6.45, 7) is 6.36. The number of likely N-dealkylation sites (tertiary alicyclic amines) is 1. The van der Waals surface area contributed by atoms with E-state index < -0.39 is 16.7 Å². The number of fused-ring (bicyclic) bond motifs is 2. The van der Waals surface area contributed by atoms with Gasteiger partial charge in [0.2, 0.25) is 0 Å². The van der Waals surface area contributed by atoms with Gasteiger partial charge < -0.3 is 20.5 Å². The lowest BCUT2D eigenvalue weighted by Gasteiger charge is -2.57. The van der Waals surface area contributed by atoms with Crippen LogP contribution in [0.5, 0.6) is 0 Å². The van der Waals surface area contributed by atoms with Gasteiger partial charge in [-0.3, -0.25) is 0 Å². The van der Waals surface area contributed by atoms with Gasteiger partial charge in [0.1, 0.15) is 5.60 Å². The Balaban J connectivity index is 1.63. The molecule has 0 spiro atoms. The van der Waals surface area contributed by atoms with Crippen molar-refractivity contribution in [1.82, 2.24) is 4.90 Å². The molecule has 2 saturated carbocycles. The maximum Gasteiger partial charge on any atom is 0.410 e. The third-order valence-electron chi connectivity index (χ3n) is 5.28. The monoisotopic (exact) mass is 282 g/mol. The molecule has 5 nitrogen and oxygen atoms in total. The minimum Gasteiger partial charge on any atom is -0.444 e. The smallest absolute Gasteiger partial charge is 0.410 e. The van der Waals surface area contributed by atoms with Crippen LogP contribution in [0.15, 0.2) is 0 Å². The molecular weight excluding hydrogens is 256 g/mol. The van der Waals surface area contributed by atoms with Crippen LogP contribution in [0.1, 0.15) is 46.5 Å². The molecule has 0 aromatic rings. The van der Waals surface area contributed by atoms with Crippen LogP contribution in [0, 0.1) is 11.8 Å². The lowest BCUT2D eigenvalue weighted by molar-refractivity contribution is -0.132. The van der Waals surface area contributed by atoms with Crippen molar-refractivity contribution in [2.45, 2.75) is 63.2 Å². The molecule has 3 aliphatic rings. The van der Waals surface area contributed by atoms with Gasteiger partial charge in [0.15, 0.2) is 0 Å². The normalized spacial score (nSPS) is 38.8. The average molecular weight is 282 g/mol. The third-order valence-corrected chi connectivity index (χ3v) is 5.28. The zero-order valence-corrected chi connectivity index (χ0v) is 12.7. The van der Waals surface area contributed by atoms with Crippen LogP contribution >= 0.6 is 0 Å². The number of nitrogens with zero attached hydrogens (tertiary/aromatic N) is 1. The highest BCUT2D eigenvalue weighted by Crippen LogP contribution is 2.55. The summed E-state index contributed by atoms with van der Waals surface area (Å²) in [7, 11) is 0. The van der Waals surface area contributed by atoms with Crippen molar-refractivity contribution in [2.75, 3.05) is 13.1 Å². The zero-order chi connectivity index (χ0) is 14.8. The second kappa shape index (κ2) is 4.10. The topological polar surface area (TPSA) is 75.8 Å². The molecule has 1 heterocycles. The lowest BCUT2D eigenvalue weighted by atomic mass is 9.66. The van der Waals surface area contributed by atoms with Gasteiger partial charge in [-0.1, -0.05) is 0 Å². The Labute approximate surface area is 120 Å². The summed E-state index contributed by atoms with van der Waals surface area (Å²) in [6.07, 6.45) is 3.87. The van der Waals surface area contributed by atoms with Crippen molar-refractivity contribution in [2.24, 2.45) is 17.6 Å². The summed E-state index contributed by atoms with van der Waals surface area (Å²) in [6, 6.07) is 0. The number of rotatable bonds is 1. The Kier molecular flexibility index (Phi) is 2.90. The first-order valence-corrected chi connectivity index (χ1v) is 7.62. The molecule has 2 bridgehead atoms. The Morgan fingerprint density at radius 2 is 2.00 bits per heavy atom. The zero-order valence-electron chi connectivity index (χ0n) is 12.7. The van der Waals surface area contributed by atoms with Gasteiger partial charge >= 0.3 is 6.09 Å². The summed E-state index contributed by atoms with van der Waals surface area (Å²) in [5.74, 6) is 0.944. The van der Waals surface area contributed by atoms with E-state index in [9.17, 15) is 9.90 Å². The molecule has 0 radical (unpaired) electrons. The van der Waals surface area contributed by atoms with Crippen LogP contribution < -0.4 is 5.73 Å². The second-order valence-corrected chi connectivity index (χ2v) is 8.00. The quantitative estimate of drug-likeness (QED) is 0.764. The van der Waals surface area contributed by atoms with Crippen LogP contribution in [0.2, 0.25) is 0 Å². The molecule has 20 heavy (non-hydrogen) atoms. The molecule has 1 aliphatic heterocycles. The van der Waals surface area contributed by atoms with E-state index >= 15 is 0 Å². The Hall–Kier alpha value is -0.810. The van der Waals surface area contributed by atoms with E-state index in [0.717, 1.165) is 19.3 Å². The lowest BCUT2D eigenvalue weighted by Crippen LogP contribution is -2.79. The number of hydrogen-bond donors (Lipinski definition) is 2. The van der Waals surface area contributed by atoms with Crippen molar-refractivity contribution in [1.29, 1.82) is 0 Å². The van der Waals surface area contributed by atoms with Crippen LogP contribution in [-0.2, 0) is 4.74 Å². The molecule has 3 atom stereocenters. The van der Waals surface area contributed by atoms with E-state index in [1.807, 2.05) is 20.8 Å². The number of ether oxygens (including phenoxy) is 1. The predicted molar refractivity (Wildman–Crippen MR) is 75.1 cm³/mol. The van der Waals surface area contributed by atoms with Crippen LogP contribution in [0.25, 0.3) is 0 Å². The number of hydrogen-bond acceptors (Lipinski definition) is 4. The standard InChI is InChI=1S/C15H26N2O3/c1-13(2,3)20-12(18)17-8-14(16,9-17)15(19)7-10-4-5-11(15)6-10/h10-11,19H,4-9,16H2,1-3H3. The number of carbonyl (C=O) groups excluding carboxylic acids is 1. The van der Waals surface area contributed by atoms with E-state index in [2.05, 4.69) is 0 Å². The van der Waals surface area contributed by atoms with Crippen molar-refractivity contribution in [3.63, 3.8) is 0 Å². The molecular formula is C15H26N2O3. The highest BCUT2D eigenvalue weighted by Gasteiger charge is 2.64. The second-order valence-electron chi connectivity index (χ2n) is 8.00. The van der Waals surface area contributed by atoms with Gasteiger partial charge in [-0.25, -0.2) is 4.79 Å². The fourth-order valence-corrected chi connectivity index (χ4v) is 4.27. The van der Waals surface area contributed by atoms with Gasteiger partial charge in [0, 0.05) is 13.1 Å². The number of aliphatic hydroxyl groups is 1. The molecule has 1 saturated heterocycles. The van der Waals surface area contributed by atoms with E-state index in [0.29, 0.717) is 24.9 Å². The van der Waals surface area contributed by atoms with Crippen LogP contribution in [0.3, 0.4) is 0 Å². The minimum atomic E-state index is -0.783. The number of nitrogens with two attached hydrogens (primary N) is 1. The van der Waals surface area contributed by atoms with Crippen molar-refractivity contribution in [3.8, 4) is 0 Å². The molecule has 3 fully saturated rings. The minimum absolute atomic E-state index is 0.318. The van der Waals surface area contributed by atoms with Gasteiger partial charge in [0.05, 0.1) is 11.1 Å². The molecule has 0 aromatic heterocycles. The molecule has 0 aromatic carbocycles. The SMILES string of the molecule is CC(C)(C)OC(=O)N1CC(N)(C2(O)CC3CCC2C3)C1. The van der Waals surface area contributed by atoms with Gasteiger partial charge in [0.25, 0.3) is 0 Å². The maximum atomic E-state index is 12.0.